The number of nitrogens with two attached hydrogens (primary N) is 2. The molecule has 0 heterocycles. The maximum atomic E-state index is 5.60. The van der Waals surface area contributed by atoms with Crippen LogP contribution in [0.4, 0.5) is 0 Å². The third-order valence-corrected chi connectivity index (χ3v) is 1.65. The van der Waals surface area contributed by atoms with Crippen molar-refractivity contribution >= 4 is 12.2 Å². The Morgan fingerprint density at radius 1 is 1.31 bits per heavy atom. The maximum Gasteiger partial charge on any atom is 0.211 e. The molecule has 0 aliphatic rings. The molecule has 0 atom stereocenters. The lowest BCUT2D eigenvalue weighted by molar-refractivity contribution is 0.242. The van der Waals surface area contributed by atoms with E-state index in [2.05, 4.69) is 10.2 Å². The number of para-hydroxylation sites is 1. The summed E-state index contributed by atoms with van der Waals surface area (Å²) in [6, 6.07) is 7.54. The summed E-state index contributed by atoms with van der Waals surface area (Å²) in [5, 5.41) is 7.27. The van der Waals surface area contributed by atoms with Gasteiger partial charge in [0.15, 0.2) is 0 Å². The van der Waals surface area contributed by atoms with Crippen LogP contribution >= 0.6 is 0 Å². The van der Waals surface area contributed by atoms with Crippen LogP contribution < -0.4 is 16.2 Å². The Kier molecular flexibility index (Phi) is 4.32. The third kappa shape index (κ3) is 4.00. The molecule has 0 radical (unpaired) electrons. The molecular formula is C11H16N4O. The summed E-state index contributed by atoms with van der Waals surface area (Å²) in [7, 11) is 0. The molecule has 0 aromatic heterocycles. The highest BCUT2D eigenvalue weighted by Crippen LogP contribution is 2.17. The van der Waals surface area contributed by atoms with Gasteiger partial charge in [0, 0.05) is 5.56 Å². The Morgan fingerprint density at radius 3 is 2.62 bits per heavy atom. The first-order chi connectivity index (χ1) is 7.59. The van der Waals surface area contributed by atoms with E-state index in [1.165, 1.54) is 0 Å². The lowest BCUT2D eigenvalue weighted by Crippen LogP contribution is -2.21. The van der Waals surface area contributed by atoms with E-state index in [0.29, 0.717) is 0 Å². The quantitative estimate of drug-likeness (QED) is 0.452. The third-order valence-electron chi connectivity index (χ3n) is 1.65. The number of benzene rings is 1. The zero-order chi connectivity index (χ0) is 12.0. The maximum absolute atomic E-state index is 5.60. The van der Waals surface area contributed by atoms with Gasteiger partial charge in [0.05, 0.1) is 12.3 Å². The second-order valence-corrected chi connectivity index (χ2v) is 3.47. The standard InChI is InChI=1S/C11H16N4O/c1-8(2)16-10-6-4-3-5-9(10)7-14-15-11(12)13/h3-8H,1-2H3,(H4,12,13,15)/b14-7+. The lowest BCUT2D eigenvalue weighted by atomic mass is 10.2. The summed E-state index contributed by atoms with van der Waals surface area (Å²) in [6.07, 6.45) is 1.66. The Balaban J connectivity index is 2.86. The van der Waals surface area contributed by atoms with Crippen LogP contribution in [-0.4, -0.2) is 18.3 Å². The normalized spacial score (nSPS) is 10.7. The van der Waals surface area contributed by atoms with Crippen molar-refractivity contribution in [3.63, 3.8) is 0 Å². The van der Waals surface area contributed by atoms with Gasteiger partial charge in [0.25, 0.3) is 0 Å². The van der Waals surface area contributed by atoms with Gasteiger partial charge in [-0.05, 0) is 26.0 Å². The molecule has 0 unspecified atom stereocenters. The van der Waals surface area contributed by atoms with E-state index in [9.17, 15) is 0 Å². The smallest absolute Gasteiger partial charge is 0.211 e. The minimum atomic E-state index is -0.0708. The highest BCUT2D eigenvalue weighted by atomic mass is 16.5. The molecule has 0 bridgehead atoms. The predicted octanol–water partition coefficient (Wildman–Crippen LogP) is 1.08. The van der Waals surface area contributed by atoms with Gasteiger partial charge in [-0.1, -0.05) is 12.1 Å². The molecule has 16 heavy (non-hydrogen) atoms. The predicted molar refractivity (Wildman–Crippen MR) is 65.6 cm³/mol. The van der Waals surface area contributed by atoms with E-state index in [-0.39, 0.29) is 12.1 Å². The highest BCUT2D eigenvalue weighted by molar-refractivity contribution is 5.84. The number of ether oxygens (including phenoxy) is 1. The van der Waals surface area contributed by atoms with Gasteiger partial charge in [-0.25, -0.2) is 0 Å². The zero-order valence-corrected chi connectivity index (χ0v) is 9.42. The van der Waals surface area contributed by atoms with Crippen LogP contribution in [-0.2, 0) is 0 Å². The van der Waals surface area contributed by atoms with Crippen molar-refractivity contribution in [1.29, 1.82) is 0 Å². The summed E-state index contributed by atoms with van der Waals surface area (Å²) in [5.74, 6) is 0.686. The molecule has 1 aromatic carbocycles. The number of hydrogen-bond donors (Lipinski definition) is 2. The molecule has 1 rings (SSSR count). The first-order valence-corrected chi connectivity index (χ1v) is 4.97. The molecule has 0 saturated heterocycles. The van der Waals surface area contributed by atoms with Crippen molar-refractivity contribution in [3.8, 4) is 5.75 Å². The van der Waals surface area contributed by atoms with E-state index in [4.69, 9.17) is 16.2 Å². The molecule has 0 aliphatic heterocycles. The van der Waals surface area contributed by atoms with Gasteiger partial charge in [-0.3, -0.25) is 0 Å². The van der Waals surface area contributed by atoms with Crippen molar-refractivity contribution < 1.29 is 4.74 Å². The van der Waals surface area contributed by atoms with Gasteiger partial charge in [0.2, 0.25) is 5.96 Å². The Bertz CT molecular complexity index is 395. The monoisotopic (exact) mass is 220 g/mol. The van der Waals surface area contributed by atoms with Gasteiger partial charge >= 0.3 is 0 Å². The fourth-order valence-corrected chi connectivity index (χ4v) is 1.11. The summed E-state index contributed by atoms with van der Waals surface area (Å²) in [5.41, 5.74) is 11.2. The summed E-state index contributed by atoms with van der Waals surface area (Å²) < 4.78 is 5.60. The van der Waals surface area contributed by atoms with Crippen LogP contribution in [0.1, 0.15) is 19.4 Å². The molecule has 0 amide bonds. The van der Waals surface area contributed by atoms with Crippen LogP contribution in [0, 0.1) is 0 Å². The molecule has 0 spiro atoms. The fourth-order valence-electron chi connectivity index (χ4n) is 1.11. The number of hydrogen-bond acceptors (Lipinski definition) is 3. The minimum Gasteiger partial charge on any atom is -0.490 e. The van der Waals surface area contributed by atoms with E-state index in [1.54, 1.807) is 6.21 Å². The van der Waals surface area contributed by atoms with Crippen LogP contribution in [0.25, 0.3) is 0 Å². The van der Waals surface area contributed by atoms with Crippen molar-refractivity contribution in [2.24, 2.45) is 21.7 Å². The average Bonchev–Trinajstić information content (AvgIpc) is 2.19. The van der Waals surface area contributed by atoms with Crippen LogP contribution in [0.15, 0.2) is 34.5 Å². The number of rotatable bonds is 4. The Hall–Kier alpha value is -2.04. The van der Waals surface area contributed by atoms with Gasteiger partial charge in [-0.15, -0.1) is 5.10 Å². The first-order valence-electron chi connectivity index (χ1n) is 4.97. The first kappa shape index (κ1) is 12.0. The zero-order valence-electron chi connectivity index (χ0n) is 9.42. The largest absolute Gasteiger partial charge is 0.490 e. The van der Waals surface area contributed by atoms with Crippen LogP contribution in [0.5, 0.6) is 5.75 Å². The van der Waals surface area contributed by atoms with Gasteiger partial charge in [-0.2, -0.15) is 5.10 Å². The summed E-state index contributed by atoms with van der Waals surface area (Å²) in [4.78, 5) is 0. The average molecular weight is 220 g/mol. The lowest BCUT2D eigenvalue weighted by Gasteiger charge is -2.11. The Labute approximate surface area is 94.8 Å². The molecule has 0 aliphatic carbocycles. The van der Waals surface area contributed by atoms with E-state index >= 15 is 0 Å². The van der Waals surface area contributed by atoms with Crippen molar-refractivity contribution in [3.05, 3.63) is 29.8 Å². The molecular weight excluding hydrogens is 204 g/mol. The highest BCUT2D eigenvalue weighted by Gasteiger charge is 2.01. The molecule has 0 fully saturated rings. The molecule has 86 valence electrons. The fraction of sp³-hybridized carbons (Fsp3) is 0.273. The minimum absolute atomic E-state index is 0.0708. The number of guanidine groups is 1. The van der Waals surface area contributed by atoms with Crippen molar-refractivity contribution in [2.45, 2.75) is 20.0 Å². The van der Waals surface area contributed by atoms with Crippen LogP contribution in [0.2, 0.25) is 0 Å². The van der Waals surface area contributed by atoms with E-state index in [0.717, 1.165) is 11.3 Å². The molecule has 5 nitrogen and oxygen atoms in total. The molecule has 1 aromatic rings. The SMILES string of the molecule is CC(C)Oc1ccccc1/C=N/N=C(N)N. The molecule has 4 N–H and O–H groups in total. The molecule has 0 saturated carbocycles. The summed E-state index contributed by atoms with van der Waals surface area (Å²) in [6.45, 7) is 3.92. The Morgan fingerprint density at radius 2 is 2.00 bits per heavy atom. The second-order valence-electron chi connectivity index (χ2n) is 3.47. The number of nitrogens with zero attached hydrogens (tertiary/aromatic N) is 2. The van der Waals surface area contributed by atoms with Crippen molar-refractivity contribution in [2.75, 3.05) is 0 Å². The second kappa shape index (κ2) is 5.75. The van der Waals surface area contributed by atoms with E-state index in [1.807, 2.05) is 38.1 Å². The van der Waals surface area contributed by atoms with Crippen LogP contribution in [0.3, 0.4) is 0 Å². The topological polar surface area (TPSA) is 86.0 Å². The summed E-state index contributed by atoms with van der Waals surface area (Å²) >= 11 is 0. The van der Waals surface area contributed by atoms with Gasteiger partial charge < -0.3 is 16.2 Å². The molecule has 5 heteroatoms. The van der Waals surface area contributed by atoms with Gasteiger partial charge in [0.1, 0.15) is 5.75 Å². The van der Waals surface area contributed by atoms with E-state index < -0.39 is 0 Å². The van der Waals surface area contributed by atoms with Crippen molar-refractivity contribution in [1.82, 2.24) is 0 Å².